The first kappa shape index (κ1) is 14.4. The molecule has 0 saturated heterocycles. The van der Waals surface area contributed by atoms with Gasteiger partial charge in [-0.15, -0.1) is 0 Å². The van der Waals surface area contributed by atoms with Crippen LogP contribution in [0.15, 0.2) is 35.3 Å². The summed E-state index contributed by atoms with van der Waals surface area (Å²) in [6.07, 6.45) is 0. The van der Waals surface area contributed by atoms with Gasteiger partial charge in [-0.1, -0.05) is 46.3 Å². The summed E-state index contributed by atoms with van der Waals surface area (Å²) in [6.45, 7) is 0. The van der Waals surface area contributed by atoms with Gasteiger partial charge in [0.1, 0.15) is 0 Å². The van der Waals surface area contributed by atoms with Crippen LogP contribution in [0.3, 0.4) is 0 Å². The molecule has 0 radical (unpaired) electrons. The monoisotopic (exact) mass is 312 g/mol. The van der Waals surface area contributed by atoms with Gasteiger partial charge in [0.15, 0.2) is 5.92 Å². The molecular formula is C13H13BrO4. The Labute approximate surface area is 114 Å². The first-order valence-electron chi connectivity index (χ1n) is 5.17. The molecule has 0 fully saturated rings. The Kier molecular flexibility index (Phi) is 5.58. The lowest BCUT2D eigenvalue weighted by Gasteiger charge is -2.15. The van der Waals surface area contributed by atoms with Crippen LogP contribution < -0.4 is 0 Å². The summed E-state index contributed by atoms with van der Waals surface area (Å²) >= 11 is 3.17. The summed E-state index contributed by atoms with van der Waals surface area (Å²) < 4.78 is 9.28. The smallest absolute Gasteiger partial charge is 0.324 e. The molecule has 0 atom stereocenters. The lowest BCUT2D eigenvalue weighted by Crippen LogP contribution is -2.27. The van der Waals surface area contributed by atoms with Crippen molar-refractivity contribution in [3.8, 4) is 0 Å². The number of rotatable bonds is 4. The Morgan fingerprint density at radius 3 is 2.00 bits per heavy atom. The molecule has 4 nitrogen and oxygen atoms in total. The number of halogens is 1. The second-order valence-electron chi connectivity index (χ2n) is 3.41. The Bertz CT molecular complexity index is 437. The van der Waals surface area contributed by atoms with E-state index >= 15 is 0 Å². The fraction of sp³-hybridized carbons (Fsp3) is 0.231. The normalized spacial score (nSPS) is 11.2. The number of carbonyl (C=O) groups is 2. The van der Waals surface area contributed by atoms with Crippen molar-refractivity contribution >= 4 is 33.4 Å². The Balaban J connectivity index is 3.18. The molecule has 0 amide bonds. The van der Waals surface area contributed by atoms with Gasteiger partial charge in [-0.2, -0.15) is 0 Å². The van der Waals surface area contributed by atoms with Crippen molar-refractivity contribution in [3.05, 3.63) is 40.9 Å². The number of hydrogen-bond acceptors (Lipinski definition) is 4. The van der Waals surface area contributed by atoms with Gasteiger partial charge in [-0.05, 0) is 16.1 Å². The van der Waals surface area contributed by atoms with E-state index in [0.717, 1.165) is 5.56 Å². The van der Waals surface area contributed by atoms with Crippen LogP contribution in [-0.4, -0.2) is 26.2 Å². The van der Waals surface area contributed by atoms with Gasteiger partial charge in [0.25, 0.3) is 0 Å². The van der Waals surface area contributed by atoms with Crippen molar-refractivity contribution < 1.29 is 19.1 Å². The van der Waals surface area contributed by atoms with Crippen LogP contribution in [0.1, 0.15) is 5.56 Å². The molecule has 18 heavy (non-hydrogen) atoms. The minimum absolute atomic E-state index is 0.495. The Hall–Kier alpha value is -1.62. The average Bonchev–Trinajstić information content (AvgIpc) is 2.44. The van der Waals surface area contributed by atoms with Gasteiger partial charge in [0.2, 0.25) is 0 Å². The molecule has 0 aliphatic heterocycles. The van der Waals surface area contributed by atoms with Gasteiger partial charge in [0.05, 0.1) is 14.2 Å². The molecule has 0 N–H and O–H groups in total. The largest absolute Gasteiger partial charge is 0.468 e. The highest BCUT2D eigenvalue weighted by Crippen LogP contribution is 2.27. The minimum atomic E-state index is -1.10. The highest BCUT2D eigenvalue weighted by Gasteiger charge is 2.33. The van der Waals surface area contributed by atoms with E-state index in [0.29, 0.717) is 5.57 Å². The van der Waals surface area contributed by atoms with Crippen LogP contribution in [0, 0.1) is 5.92 Å². The summed E-state index contributed by atoms with van der Waals surface area (Å²) in [6, 6.07) is 9.08. The first-order chi connectivity index (χ1) is 8.65. The molecule has 1 aromatic rings. The maximum absolute atomic E-state index is 11.7. The Morgan fingerprint density at radius 1 is 1.11 bits per heavy atom. The zero-order chi connectivity index (χ0) is 13.5. The third-order valence-corrected chi connectivity index (χ3v) is 2.90. The fourth-order valence-electron chi connectivity index (χ4n) is 1.51. The van der Waals surface area contributed by atoms with E-state index in [2.05, 4.69) is 25.4 Å². The van der Waals surface area contributed by atoms with Crippen molar-refractivity contribution in [2.75, 3.05) is 14.2 Å². The van der Waals surface area contributed by atoms with Crippen LogP contribution in [0.4, 0.5) is 0 Å². The van der Waals surface area contributed by atoms with Crippen molar-refractivity contribution in [1.29, 1.82) is 0 Å². The van der Waals surface area contributed by atoms with E-state index in [4.69, 9.17) is 0 Å². The third-order valence-electron chi connectivity index (χ3n) is 2.41. The number of ether oxygens (including phenoxy) is 2. The van der Waals surface area contributed by atoms with E-state index in [1.54, 1.807) is 12.1 Å². The van der Waals surface area contributed by atoms with Crippen molar-refractivity contribution in [1.82, 2.24) is 0 Å². The molecule has 5 heteroatoms. The van der Waals surface area contributed by atoms with Gasteiger partial charge >= 0.3 is 11.9 Å². The molecule has 0 unspecified atom stereocenters. The first-order valence-corrected chi connectivity index (χ1v) is 6.08. The van der Waals surface area contributed by atoms with E-state index < -0.39 is 17.9 Å². The van der Waals surface area contributed by atoms with Gasteiger partial charge in [0, 0.05) is 0 Å². The van der Waals surface area contributed by atoms with E-state index in [1.165, 1.54) is 19.2 Å². The average molecular weight is 313 g/mol. The summed E-state index contributed by atoms with van der Waals surface area (Å²) in [5.74, 6) is -2.41. The molecule has 0 bridgehead atoms. The molecule has 0 aromatic heterocycles. The van der Waals surface area contributed by atoms with Crippen molar-refractivity contribution in [2.45, 2.75) is 0 Å². The van der Waals surface area contributed by atoms with Gasteiger partial charge < -0.3 is 9.47 Å². The zero-order valence-corrected chi connectivity index (χ0v) is 11.6. The van der Waals surface area contributed by atoms with Crippen LogP contribution in [0.2, 0.25) is 0 Å². The molecule has 0 aliphatic rings. The number of esters is 2. The lowest BCUT2D eigenvalue weighted by atomic mass is 9.94. The highest BCUT2D eigenvalue weighted by atomic mass is 79.9. The predicted octanol–water partition coefficient (Wildman–Crippen LogP) is 2.38. The molecule has 0 saturated carbocycles. The molecule has 0 heterocycles. The predicted molar refractivity (Wildman–Crippen MR) is 70.9 cm³/mol. The maximum atomic E-state index is 11.7. The van der Waals surface area contributed by atoms with Crippen LogP contribution in [0.5, 0.6) is 0 Å². The quantitative estimate of drug-likeness (QED) is 0.633. The van der Waals surface area contributed by atoms with E-state index in [-0.39, 0.29) is 0 Å². The zero-order valence-electron chi connectivity index (χ0n) is 10.1. The van der Waals surface area contributed by atoms with Crippen LogP contribution >= 0.6 is 15.9 Å². The van der Waals surface area contributed by atoms with E-state index in [1.807, 2.05) is 18.2 Å². The topological polar surface area (TPSA) is 52.6 Å². The summed E-state index contributed by atoms with van der Waals surface area (Å²) in [5, 5.41) is 0. The molecule has 0 aliphatic carbocycles. The Morgan fingerprint density at radius 2 is 1.61 bits per heavy atom. The second kappa shape index (κ2) is 6.96. The molecule has 0 spiro atoms. The molecular weight excluding hydrogens is 300 g/mol. The molecule has 96 valence electrons. The molecule has 1 rings (SSSR count). The van der Waals surface area contributed by atoms with Gasteiger partial charge in [-0.3, -0.25) is 9.59 Å². The second-order valence-corrected chi connectivity index (χ2v) is 3.87. The number of hydrogen-bond donors (Lipinski definition) is 0. The fourth-order valence-corrected chi connectivity index (χ4v) is 2.04. The molecule has 1 aromatic carbocycles. The maximum Gasteiger partial charge on any atom is 0.324 e. The third kappa shape index (κ3) is 3.20. The van der Waals surface area contributed by atoms with Crippen molar-refractivity contribution in [3.63, 3.8) is 0 Å². The van der Waals surface area contributed by atoms with Gasteiger partial charge in [-0.25, -0.2) is 0 Å². The van der Waals surface area contributed by atoms with E-state index in [9.17, 15) is 9.59 Å². The number of carbonyl (C=O) groups excluding carboxylic acids is 2. The highest BCUT2D eigenvalue weighted by molar-refractivity contribution is 9.11. The van der Waals surface area contributed by atoms with Crippen LogP contribution in [-0.2, 0) is 19.1 Å². The standard InChI is InChI=1S/C13H13BrO4/c1-17-12(15)11(13(16)18-2)10(8-14)9-6-4-3-5-7-9/h3-8,11H,1-2H3/b10-8+. The van der Waals surface area contributed by atoms with Crippen LogP contribution in [0.25, 0.3) is 5.57 Å². The van der Waals surface area contributed by atoms with Crippen molar-refractivity contribution in [2.24, 2.45) is 5.92 Å². The lowest BCUT2D eigenvalue weighted by molar-refractivity contribution is -0.155. The summed E-state index contributed by atoms with van der Waals surface area (Å²) in [7, 11) is 2.46. The number of benzene rings is 1. The summed E-state index contributed by atoms with van der Waals surface area (Å²) in [4.78, 5) is 24.9. The summed E-state index contributed by atoms with van der Waals surface area (Å²) in [5.41, 5.74) is 1.24. The SMILES string of the molecule is COC(=O)C(C(=O)OC)/C(=C/Br)c1ccccc1. The number of methoxy groups -OCH3 is 2. The minimum Gasteiger partial charge on any atom is -0.468 e.